The third kappa shape index (κ3) is 6.03. The summed E-state index contributed by atoms with van der Waals surface area (Å²) in [4.78, 5) is 26.3. The summed E-state index contributed by atoms with van der Waals surface area (Å²) in [6.45, 7) is 6.74. The van der Waals surface area contributed by atoms with Crippen molar-refractivity contribution in [3.8, 4) is 0 Å². The molecule has 1 saturated heterocycles. The van der Waals surface area contributed by atoms with Crippen LogP contribution >= 0.6 is 0 Å². The summed E-state index contributed by atoms with van der Waals surface area (Å²) < 4.78 is 33.8. The van der Waals surface area contributed by atoms with E-state index in [1.165, 1.54) is 17.2 Å². The quantitative estimate of drug-likeness (QED) is 0.329. The Balaban J connectivity index is 1.26. The Morgan fingerprint density at radius 3 is 2.64 bits per heavy atom. The van der Waals surface area contributed by atoms with E-state index < -0.39 is 17.2 Å². The molecular weight excluding hydrogens is 506 g/mol. The van der Waals surface area contributed by atoms with Crippen LogP contribution < -0.4 is 0 Å². The average molecular weight is 541 g/mol. The molecule has 1 spiro atoms. The third-order valence-corrected chi connectivity index (χ3v) is 7.59. The number of benzene rings is 1. The lowest BCUT2D eigenvalue weighted by atomic mass is 9.80. The number of oxime groups is 1. The standard InChI is InChI=1S/C29H34F2N4O4/c1-28(2,37)18-39-33-27(20-5-6-23(30)24(31)12-20)25-7-4-19(14-32-25)15-35-10-8-29(9-11-35)22-13-26(36)34(3)16-21(22)17-38-29/h4-7,12,14,37H,8-11,13,15-18H2,1-3H3. The Labute approximate surface area is 226 Å². The fourth-order valence-electron chi connectivity index (χ4n) is 5.39. The minimum Gasteiger partial charge on any atom is -0.392 e. The van der Waals surface area contributed by atoms with Gasteiger partial charge in [-0.05, 0) is 67.7 Å². The molecular formula is C29H34F2N4O4. The first-order valence-electron chi connectivity index (χ1n) is 13.2. The van der Waals surface area contributed by atoms with Gasteiger partial charge in [-0.3, -0.25) is 14.7 Å². The van der Waals surface area contributed by atoms with Crippen LogP contribution in [0.15, 0.2) is 52.8 Å². The lowest BCUT2D eigenvalue weighted by Gasteiger charge is -2.41. The molecule has 0 saturated carbocycles. The predicted octanol–water partition coefficient (Wildman–Crippen LogP) is 3.42. The summed E-state index contributed by atoms with van der Waals surface area (Å²) in [5, 5.41) is 14.0. The molecule has 1 fully saturated rings. The van der Waals surface area contributed by atoms with Crippen LogP contribution in [0.2, 0.25) is 0 Å². The summed E-state index contributed by atoms with van der Waals surface area (Å²) in [7, 11) is 1.84. The highest BCUT2D eigenvalue weighted by Crippen LogP contribution is 2.44. The first-order chi connectivity index (χ1) is 18.5. The lowest BCUT2D eigenvalue weighted by molar-refractivity contribution is -0.129. The molecule has 1 aromatic heterocycles. The largest absolute Gasteiger partial charge is 0.392 e. The Morgan fingerprint density at radius 1 is 1.21 bits per heavy atom. The van der Waals surface area contributed by atoms with Crippen LogP contribution in [0.5, 0.6) is 0 Å². The van der Waals surface area contributed by atoms with Gasteiger partial charge >= 0.3 is 0 Å². The van der Waals surface area contributed by atoms with Crippen LogP contribution in [0.25, 0.3) is 0 Å². The zero-order chi connectivity index (χ0) is 27.8. The molecule has 2 aromatic rings. The summed E-state index contributed by atoms with van der Waals surface area (Å²) in [6.07, 6.45) is 3.89. The molecule has 10 heteroatoms. The smallest absolute Gasteiger partial charge is 0.226 e. The summed E-state index contributed by atoms with van der Waals surface area (Å²) in [5.74, 6) is -1.80. The van der Waals surface area contributed by atoms with E-state index in [9.17, 15) is 18.7 Å². The van der Waals surface area contributed by atoms with Crippen molar-refractivity contribution in [1.82, 2.24) is 14.8 Å². The van der Waals surface area contributed by atoms with Gasteiger partial charge in [-0.1, -0.05) is 11.2 Å². The van der Waals surface area contributed by atoms with Crippen molar-refractivity contribution < 1.29 is 28.3 Å². The number of aromatic nitrogens is 1. The third-order valence-electron chi connectivity index (χ3n) is 7.59. The molecule has 8 nitrogen and oxygen atoms in total. The molecule has 5 rings (SSSR count). The number of carbonyl (C=O) groups is 1. The van der Waals surface area contributed by atoms with Gasteiger partial charge in [-0.2, -0.15) is 0 Å². The van der Waals surface area contributed by atoms with Crippen LogP contribution in [0.4, 0.5) is 8.78 Å². The van der Waals surface area contributed by atoms with Gasteiger partial charge < -0.3 is 19.6 Å². The topological polar surface area (TPSA) is 87.5 Å². The highest BCUT2D eigenvalue weighted by molar-refractivity contribution is 6.11. The van der Waals surface area contributed by atoms with Crippen molar-refractivity contribution in [1.29, 1.82) is 0 Å². The number of pyridine rings is 1. The predicted molar refractivity (Wildman–Crippen MR) is 141 cm³/mol. The number of ether oxygens (including phenoxy) is 1. The van der Waals surface area contributed by atoms with Gasteiger partial charge in [-0.15, -0.1) is 0 Å². The molecule has 39 heavy (non-hydrogen) atoms. The highest BCUT2D eigenvalue weighted by atomic mass is 19.2. The Hall–Kier alpha value is -3.21. The van der Waals surface area contributed by atoms with Gasteiger partial charge in [-0.25, -0.2) is 8.78 Å². The van der Waals surface area contributed by atoms with Crippen LogP contribution in [-0.2, 0) is 20.9 Å². The normalized spacial score (nSPS) is 20.1. The summed E-state index contributed by atoms with van der Waals surface area (Å²) >= 11 is 0. The van der Waals surface area contributed by atoms with E-state index in [2.05, 4.69) is 15.0 Å². The number of piperidine rings is 1. The molecule has 0 bridgehead atoms. The molecule has 0 unspecified atom stereocenters. The number of amides is 1. The number of hydrogen-bond acceptors (Lipinski definition) is 7. The molecule has 0 radical (unpaired) electrons. The maximum atomic E-state index is 14.0. The molecule has 208 valence electrons. The number of likely N-dealkylation sites (N-methyl/N-ethyl adjacent to an activating group) is 1. The van der Waals surface area contributed by atoms with Gasteiger partial charge in [0, 0.05) is 45.0 Å². The van der Waals surface area contributed by atoms with E-state index >= 15 is 0 Å². The maximum absolute atomic E-state index is 14.0. The van der Waals surface area contributed by atoms with Gasteiger partial charge in [0.2, 0.25) is 5.91 Å². The summed E-state index contributed by atoms with van der Waals surface area (Å²) in [6, 6.07) is 7.19. The molecule has 1 amide bonds. The van der Waals surface area contributed by atoms with Crippen LogP contribution in [0, 0.1) is 11.6 Å². The Kier molecular flexibility index (Phi) is 7.54. The Morgan fingerprint density at radius 2 is 1.97 bits per heavy atom. The number of aliphatic hydroxyl groups is 1. The SMILES string of the molecule is CN1CC2=C(CC1=O)C1(CCN(Cc3ccc(C(=NOCC(C)(C)O)c4ccc(F)c(F)c4)nc3)CC1)OC2. The average Bonchev–Trinajstić information content (AvgIpc) is 3.22. The van der Waals surface area contributed by atoms with Crippen molar-refractivity contribution in [2.45, 2.75) is 50.9 Å². The zero-order valence-corrected chi connectivity index (χ0v) is 22.5. The van der Waals surface area contributed by atoms with Crippen LogP contribution in [0.3, 0.4) is 0 Å². The molecule has 1 N–H and O–H groups in total. The monoisotopic (exact) mass is 540 g/mol. The fourth-order valence-corrected chi connectivity index (χ4v) is 5.39. The van der Waals surface area contributed by atoms with E-state index in [-0.39, 0.29) is 23.8 Å². The molecule has 3 aliphatic heterocycles. The van der Waals surface area contributed by atoms with E-state index in [1.807, 2.05) is 13.1 Å². The van der Waals surface area contributed by atoms with E-state index in [0.29, 0.717) is 37.4 Å². The number of rotatable bonds is 7. The Bertz CT molecular complexity index is 1300. The zero-order valence-electron chi connectivity index (χ0n) is 22.5. The van der Waals surface area contributed by atoms with Crippen molar-refractivity contribution in [3.63, 3.8) is 0 Å². The molecule has 4 heterocycles. The first kappa shape index (κ1) is 27.4. The molecule has 0 aliphatic carbocycles. The second kappa shape index (κ2) is 10.7. The second-order valence-electron chi connectivity index (χ2n) is 11.3. The second-order valence-corrected chi connectivity index (χ2v) is 11.3. The van der Waals surface area contributed by atoms with Gasteiger partial charge in [0.15, 0.2) is 11.6 Å². The minimum absolute atomic E-state index is 0.0817. The van der Waals surface area contributed by atoms with Gasteiger partial charge in [0.05, 0.1) is 29.9 Å². The van der Waals surface area contributed by atoms with E-state index in [1.54, 1.807) is 31.0 Å². The fraction of sp³-hybridized carbons (Fsp3) is 0.483. The highest BCUT2D eigenvalue weighted by Gasteiger charge is 2.46. The molecule has 0 atom stereocenters. The molecule has 1 aromatic carbocycles. The van der Waals surface area contributed by atoms with Gasteiger partial charge in [0.1, 0.15) is 12.3 Å². The number of nitrogens with zero attached hydrogens (tertiary/aromatic N) is 4. The lowest BCUT2D eigenvalue weighted by Crippen LogP contribution is -2.46. The first-order valence-corrected chi connectivity index (χ1v) is 13.2. The van der Waals surface area contributed by atoms with Crippen LogP contribution in [-0.4, -0.2) is 82.6 Å². The number of likely N-dealkylation sites (tertiary alicyclic amines) is 1. The van der Waals surface area contributed by atoms with Crippen molar-refractivity contribution in [2.75, 3.05) is 39.9 Å². The summed E-state index contributed by atoms with van der Waals surface area (Å²) in [5.41, 5.74) is 3.01. The van der Waals surface area contributed by atoms with E-state index in [4.69, 9.17) is 9.57 Å². The minimum atomic E-state index is -1.11. The maximum Gasteiger partial charge on any atom is 0.226 e. The van der Waals surface area contributed by atoms with Gasteiger partial charge in [0.25, 0.3) is 0 Å². The van der Waals surface area contributed by atoms with Crippen molar-refractivity contribution in [2.24, 2.45) is 5.16 Å². The number of halogens is 2. The molecule has 3 aliphatic rings. The van der Waals surface area contributed by atoms with Crippen molar-refractivity contribution >= 4 is 11.6 Å². The van der Waals surface area contributed by atoms with Crippen molar-refractivity contribution in [3.05, 3.63) is 76.1 Å². The van der Waals surface area contributed by atoms with E-state index in [0.717, 1.165) is 43.6 Å². The number of fused-ring (bicyclic) bond motifs is 1. The number of carbonyl (C=O) groups excluding carboxylic acids is 1. The van der Waals surface area contributed by atoms with Crippen LogP contribution in [0.1, 0.15) is 49.9 Å². The number of hydrogen-bond donors (Lipinski definition) is 1.